The Hall–Kier alpha value is -7.73. The van der Waals surface area contributed by atoms with Crippen molar-refractivity contribution in [3.05, 3.63) is 204 Å². The van der Waals surface area contributed by atoms with E-state index in [9.17, 15) is 24.3 Å². The number of aromatic nitrogens is 3. The molecule has 5 N–H and O–H groups in total. The van der Waals surface area contributed by atoms with Crippen molar-refractivity contribution in [1.82, 2.24) is 30.9 Å². The summed E-state index contributed by atoms with van der Waals surface area (Å²) < 4.78 is 45.6. The highest BCUT2D eigenvalue weighted by Crippen LogP contribution is 2.33. The van der Waals surface area contributed by atoms with Gasteiger partial charge in [0, 0.05) is 36.6 Å². The van der Waals surface area contributed by atoms with E-state index in [1.807, 2.05) is 144 Å². The van der Waals surface area contributed by atoms with E-state index in [0.717, 1.165) is 22.3 Å². The molecule has 0 aliphatic carbocycles. The van der Waals surface area contributed by atoms with Gasteiger partial charge in [0.1, 0.15) is 30.1 Å². The lowest BCUT2D eigenvalue weighted by Gasteiger charge is -2.16. The molecule has 346 valence electrons. The standard InChI is InChI=1S/C22H22N2O3.C21H19IN2O3.C8H10N2O3/c1-16-13-19(21(25)23-2)20(26-14-17-9-5-3-6-10-17)22(24-16)27-15-18-11-7-4-8-12-18;1-23-20(25)17-12-18(22)24-21(27-14-16-10-6-3-7-11-16)19(17)26-13-15-8-4-2-5-9-15;1-4-3-5(7(12)9-2)6(11)8(13)10-4/h3-13H,14-15H2,1-2H3,(H,23,25);2-12H,13-14H2,1H3,(H,23,25);3,11H,1-2H3,(H,9,12)(H,10,13)/i2T;1T;2T. The first-order valence-electron chi connectivity index (χ1n) is 22.6. The number of hydrogen-bond acceptors (Lipinski definition) is 11. The molecule has 16 heteroatoms. The quantitative estimate of drug-likeness (QED) is 0.0494. The van der Waals surface area contributed by atoms with E-state index in [4.69, 9.17) is 23.1 Å². The molecular weight excluding hydrogens is 967 g/mol. The van der Waals surface area contributed by atoms with Gasteiger partial charge in [0.2, 0.25) is 0 Å². The molecule has 3 heterocycles. The van der Waals surface area contributed by atoms with Crippen LogP contribution in [0.5, 0.6) is 29.0 Å². The molecule has 0 bridgehead atoms. The van der Waals surface area contributed by atoms with Crippen molar-refractivity contribution in [3.63, 3.8) is 0 Å². The third-order valence-corrected chi connectivity index (χ3v) is 9.78. The highest BCUT2D eigenvalue weighted by molar-refractivity contribution is 14.1. The van der Waals surface area contributed by atoms with E-state index >= 15 is 0 Å². The Morgan fingerprint density at radius 3 is 1.36 bits per heavy atom. The number of nitrogens with one attached hydrogen (secondary N) is 4. The normalized spacial score (nSPS) is 10.8. The van der Waals surface area contributed by atoms with Gasteiger partial charge in [-0.25, -0.2) is 9.97 Å². The second kappa shape index (κ2) is 25.7. The van der Waals surface area contributed by atoms with Gasteiger partial charge in [-0.05, 0) is 76.9 Å². The van der Waals surface area contributed by atoms with Crippen LogP contribution in [0.25, 0.3) is 0 Å². The van der Waals surface area contributed by atoms with Crippen LogP contribution in [0.15, 0.2) is 144 Å². The predicted molar refractivity (Wildman–Crippen MR) is 263 cm³/mol. The molecule has 3 aromatic heterocycles. The van der Waals surface area contributed by atoms with Crippen LogP contribution in [0.3, 0.4) is 0 Å². The molecule has 0 radical (unpaired) electrons. The second-order valence-corrected chi connectivity index (χ2v) is 15.3. The molecular formula is C51H51IN6O9. The fourth-order valence-corrected chi connectivity index (χ4v) is 6.51. The molecule has 0 aliphatic heterocycles. The molecule has 4 aromatic carbocycles. The average Bonchev–Trinajstić information content (AvgIpc) is 3.37. The Morgan fingerprint density at radius 2 is 0.940 bits per heavy atom. The lowest BCUT2D eigenvalue weighted by molar-refractivity contribution is 0.0948. The molecule has 7 aromatic rings. The minimum absolute atomic E-state index is 0.112. The van der Waals surface area contributed by atoms with Gasteiger partial charge in [0.05, 0.1) is 16.7 Å². The third kappa shape index (κ3) is 15.2. The molecule has 3 amide bonds. The SMILES string of the molecule is [3H]CNC(=O)c1cc(C)[nH]c(=O)c1O.[3H]CNC(=O)c1cc(C)nc(OCc2ccccc2)c1OCc1ccccc1.[3H]CNC(=O)c1cc(I)nc(OCc2ccccc2)c1OCc1ccccc1. The van der Waals surface area contributed by atoms with Crippen LogP contribution < -0.4 is 40.5 Å². The third-order valence-electron chi connectivity index (χ3n) is 9.23. The smallest absolute Gasteiger partial charge is 0.291 e. The minimum atomic E-state index is -0.708. The van der Waals surface area contributed by atoms with Crippen LogP contribution in [0.4, 0.5) is 0 Å². The fourth-order valence-electron chi connectivity index (χ4n) is 5.98. The Bertz CT molecular complexity index is 2700. The number of nitrogens with zero attached hydrogens (tertiary/aromatic N) is 2. The Labute approximate surface area is 406 Å². The molecule has 0 aliphatic rings. The van der Waals surface area contributed by atoms with Gasteiger partial charge in [0.15, 0.2) is 17.2 Å². The number of amides is 3. The zero-order valence-electron chi connectivity index (χ0n) is 39.7. The maximum absolute atomic E-state index is 12.5. The summed E-state index contributed by atoms with van der Waals surface area (Å²) in [6, 6.07) is 43.3. The van der Waals surface area contributed by atoms with Crippen molar-refractivity contribution in [3.8, 4) is 29.0 Å². The Balaban J connectivity index is 0.000000207. The van der Waals surface area contributed by atoms with E-state index in [-0.39, 0.29) is 63.1 Å². The number of pyridine rings is 3. The van der Waals surface area contributed by atoms with E-state index in [1.165, 1.54) is 6.07 Å². The number of aromatic amines is 1. The summed E-state index contributed by atoms with van der Waals surface area (Å²) in [6.07, 6.45) is 0. The molecule has 0 unspecified atom stereocenters. The van der Waals surface area contributed by atoms with Crippen LogP contribution in [-0.4, -0.2) is 58.9 Å². The summed E-state index contributed by atoms with van der Waals surface area (Å²) in [4.78, 5) is 58.4. The summed E-state index contributed by atoms with van der Waals surface area (Å²) in [6.45, 7) is 4.53. The maximum atomic E-state index is 12.5. The predicted octanol–water partition coefficient (Wildman–Crippen LogP) is 7.86. The molecule has 0 spiro atoms. The van der Waals surface area contributed by atoms with Crippen LogP contribution in [0, 0.1) is 17.5 Å². The van der Waals surface area contributed by atoms with E-state index in [1.54, 1.807) is 26.0 Å². The number of benzene rings is 4. The van der Waals surface area contributed by atoms with Gasteiger partial charge in [-0.3, -0.25) is 19.2 Å². The van der Waals surface area contributed by atoms with Crippen molar-refractivity contribution >= 4 is 40.3 Å². The number of carbonyl (C=O) groups is 3. The molecule has 67 heavy (non-hydrogen) atoms. The number of hydrogen-bond donors (Lipinski definition) is 5. The first-order valence-corrected chi connectivity index (χ1v) is 21.5. The lowest BCUT2D eigenvalue weighted by atomic mass is 10.2. The summed E-state index contributed by atoms with van der Waals surface area (Å²) in [5, 5.41) is 16.4. The van der Waals surface area contributed by atoms with Crippen molar-refractivity contribution < 1.29 is 42.5 Å². The van der Waals surface area contributed by atoms with E-state index < -0.39 is 29.0 Å². The number of H-pyrrole nitrogens is 1. The first kappa shape index (κ1) is 45.8. The van der Waals surface area contributed by atoms with Gasteiger partial charge in [-0.2, -0.15) is 0 Å². The maximum Gasteiger partial charge on any atom is 0.291 e. The zero-order valence-corrected chi connectivity index (χ0v) is 38.9. The highest BCUT2D eigenvalue weighted by atomic mass is 127. The molecule has 0 saturated heterocycles. The van der Waals surface area contributed by atoms with Crippen LogP contribution in [0.2, 0.25) is 0 Å². The van der Waals surface area contributed by atoms with E-state index in [0.29, 0.717) is 39.4 Å². The molecule has 15 nitrogen and oxygen atoms in total. The first-order chi connectivity index (χ1) is 33.9. The monoisotopic (exact) mass is 1020 g/mol. The molecule has 0 atom stereocenters. The average molecular weight is 1020 g/mol. The summed E-state index contributed by atoms with van der Waals surface area (Å²) in [7, 11) is -0.751. The second-order valence-electron chi connectivity index (χ2n) is 14.2. The topological polar surface area (TPSA) is 203 Å². The molecule has 7 rings (SSSR count). The number of rotatable bonds is 15. The Morgan fingerprint density at radius 1 is 0.567 bits per heavy atom. The Kier molecular flexibility index (Phi) is 17.6. The van der Waals surface area contributed by atoms with Gasteiger partial charge in [-0.15, -0.1) is 0 Å². The van der Waals surface area contributed by atoms with Crippen molar-refractivity contribution in [2.75, 3.05) is 21.1 Å². The van der Waals surface area contributed by atoms with Crippen molar-refractivity contribution in [2.45, 2.75) is 40.3 Å². The van der Waals surface area contributed by atoms with Gasteiger partial charge in [-0.1, -0.05) is 121 Å². The van der Waals surface area contributed by atoms with Crippen LogP contribution in [-0.2, 0) is 26.4 Å². The molecule has 0 fully saturated rings. The number of ether oxygens (including phenoxy) is 4. The highest BCUT2D eigenvalue weighted by Gasteiger charge is 2.22. The van der Waals surface area contributed by atoms with Crippen molar-refractivity contribution in [1.29, 1.82) is 0 Å². The largest absolute Gasteiger partial charge is 0.502 e. The number of carbonyl (C=O) groups excluding carboxylic acids is 3. The van der Waals surface area contributed by atoms with Gasteiger partial charge >= 0.3 is 0 Å². The summed E-state index contributed by atoms with van der Waals surface area (Å²) >= 11 is 2.03. The van der Waals surface area contributed by atoms with E-state index in [2.05, 4.69) is 30.9 Å². The number of aryl methyl sites for hydroxylation is 2. The van der Waals surface area contributed by atoms with Crippen LogP contribution >= 0.6 is 22.6 Å². The minimum Gasteiger partial charge on any atom is -0.502 e. The van der Waals surface area contributed by atoms with Gasteiger partial charge < -0.3 is 45.0 Å². The number of aromatic hydroxyl groups is 1. The zero-order chi connectivity index (χ0) is 50.3. The lowest BCUT2D eigenvalue weighted by Crippen LogP contribution is -2.21. The molecule has 0 saturated carbocycles. The summed E-state index contributed by atoms with van der Waals surface area (Å²) in [5.74, 6) is -0.997. The van der Waals surface area contributed by atoms with Gasteiger partial charge in [0.25, 0.3) is 35.0 Å². The fraction of sp³-hybridized carbons (Fsp3) is 0.176. The van der Waals surface area contributed by atoms with Crippen LogP contribution in [0.1, 0.15) is 68.8 Å². The summed E-state index contributed by atoms with van der Waals surface area (Å²) in [5.41, 5.74) is 4.77. The number of halogens is 1. The van der Waals surface area contributed by atoms with Crippen molar-refractivity contribution in [2.24, 2.45) is 0 Å².